The van der Waals surface area contributed by atoms with Crippen LogP contribution >= 0.6 is 0 Å². The quantitative estimate of drug-likeness (QED) is 0.296. The van der Waals surface area contributed by atoms with Gasteiger partial charge in [0, 0.05) is 102 Å². The van der Waals surface area contributed by atoms with Gasteiger partial charge in [-0.3, -0.25) is 9.69 Å². The van der Waals surface area contributed by atoms with Gasteiger partial charge in [-0.2, -0.15) is 0 Å². The van der Waals surface area contributed by atoms with Gasteiger partial charge in [0.05, 0.1) is 5.54 Å². The smallest absolute Gasteiger partial charge is 0.225 e. The zero-order valence-corrected chi connectivity index (χ0v) is 26.6. The number of ketones is 1. The molecule has 4 fully saturated rings. The zero-order valence-electron chi connectivity index (χ0n) is 26.6. The second kappa shape index (κ2) is 15.0. The molecular formula is C33H51FN6O3. The Bertz CT molecular complexity index is 1130. The molecule has 6 rings (SSSR count). The van der Waals surface area contributed by atoms with E-state index in [0.717, 1.165) is 89.7 Å². The second-order valence-electron chi connectivity index (χ2n) is 12.3. The highest BCUT2D eigenvalue weighted by atomic mass is 19.1. The van der Waals surface area contributed by atoms with E-state index in [1.54, 1.807) is 19.2 Å². The predicted octanol–water partition coefficient (Wildman–Crippen LogP) is 2.58. The number of carbonyl (C=O) groups is 1. The van der Waals surface area contributed by atoms with Crippen LogP contribution < -0.4 is 26.2 Å². The maximum atomic E-state index is 13.0. The van der Waals surface area contributed by atoms with Gasteiger partial charge in [0.2, 0.25) is 5.79 Å². The third-order valence-corrected chi connectivity index (χ3v) is 8.69. The number of benzene rings is 2. The van der Waals surface area contributed by atoms with Gasteiger partial charge in [-0.1, -0.05) is 12.1 Å². The number of epoxide rings is 1. The molecule has 4 heterocycles. The lowest BCUT2D eigenvalue weighted by molar-refractivity contribution is -0.0148. The lowest BCUT2D eigenvalue weighted by Crippen LogP contribution is -2.57. The SMILES string of the molecule is C1CNCCN1.CC(C)(C(=O)c1ccc(N2CCNCC2)cc1)N1CCNCC1.COC1(c2ccc(F)cc2)OC1(C)C. The van der Waals surface area contributed by atoms with Crippen LogP contribution in [0.15, 0.2) is 48.5 Å². The average molecular weight is 599 g/mol. The molecule has 2 aromatic rings. The van der Waals surface area contributed by atoms with E-state index in [-0.39, 0.29) is 17.2 Å². The molecular weight excluding hydrogens is 547 g/mol. The summed E-state index contributed by atoms with van der Waals surface area (Å²) in [5.74, 6) is -0.731. The van der Waals surface area contributed by atoms with Crippen molar-refractivity contribution in [2.45, 2.75) is 44.6 Å². The van der Waals surface area contributed by atoms with Crippen molar-refractivity contribution in [3.05, 3.63) is 65.5 Å². The van der Waals surface area contributed by atoms with E-state index in [9.17, 15) is 9.18 Å². The first-order chi connectivity index (χ1) is 20.6. The molecule has 1 unspecified atom stereocenters. The molecule has 10 heteroatoms. The minimum Gasteiger partial charge on any atom is -0.369 e. The molecule has 4 saturated heterocycles. The zero-order chi connectivity index (χ0) is 30.9. The molecule has 0 aliphatic carbocycles. The number of anilines is 1. The number of nitrogens with zero attached hydrogens (tertiary/aromatic N) is 2. The molecule has 2 aromatic carbocycles. The monoisotopic (exact) mass is 598 g/mol. The van der Waals surface area contributed by atoms with Crippen molar-refractivity contribution in [1.82, 2.24) is 26.2 Å². The summed E-state index contributed by atoms with van der Waals surface area (Å²) in [6.07, 6.45) is 0. The Hall–Kier alpha value is -2.44. The van der Waals surface area contributed by atoms with Crippen molar-refractivity contribution >= 4 is 11.5 Å². The molecule has 238 valence electrons. The van der Waals surface area contributed by atoms with Crippen molar-refractivity contribution < 1.29 is 18.7 Å². The first-order valence-corrected chi connectivity index (χ1v) is 15.6. The number of ether oxygens (including phenoxy) is 2. The lowest BCUT2D eigenvalue weighted by Gasteiger charge is -2.40. The van der Waals surface area contributed by atoms with Crippen LogP contribution in [-0.2, 0) is 15.3 Å². The molecule has 0 saturated carbocycles. The van der Waals surface area contributed by atoms with E-state index in [1.165, 1.54) is 17.8 Å². The summed E-state index contributed by atoms with van der Waals surface area (Å²) >= 11 is 0. The van der Waals surface area contributed by atoms with Gasteiger partial charge in [0.1, 0.15) is 11.4 Å². The number of hydrogen-bond donors (Lipinski definition) is 4. The molecule has 4 aliphatic rings. The first kappa shape index (κ1) is 33.5. The van der Waals surface area contributed by atoms with E-state index in [0.29, 0.717) is 0 Å². The van der Waals surface area contributed by atoms with Gasteiger partial charge in [-0.25, -0.2) is 4.39 Å². The Balaban J connectivity index is 0.000000178. The van der Waals surface area contributed by atoms with Crippen LogP contribution in [-0.4, -0.2) is 107 Å². The van der Waals surface area contributed by atoms with E-state index >= 15 is 0 Å². The molecule has 0 spiro atoms. The van der Waals surface area contributed by atoms with Gasteiger partial charge in [0.25, 0.3) is 0 Å². The number of methoxy groups -OCH3 is 1. The topological polar surface area (TPSA) is 93.4 Å². The highest BCUT2D eigenvalue weighted by Gasteiger charge is 2.66. The molecule has 1 atom stereocenters. The summed E-state index contributed by atoms with van der Waals surface area (Å²) in [5.41, 5.74) is 2.10. The highest BCUT2D eigenvalue weighted by molar-refractivity contribution is 6.02. The van der Waals surface area contributed by atoms with Gasteiger partial charge < -0.3 is 35.6 Å². The predicted molar refractivity (Wildman–Crippen MR) is 170 cm³/mol. The fourth-order valence-electron chi connectivity index (χ4n) is 5.89. The van der Waals surface area contributed by atoms with Crippen molar-refractivity contribution in [3.8, 4) is 0 Å². The minimum absolute atomic E-state index is 0.214. The summed E-state index contributed by atoms with van der Waals surface area (Å²) < 4.78 is 23.6. The first-order valence-electron chi connectivity index (χ1n) is 15.6. The number of halogens is 1. The van der Waals surface area contributed by atoms with E-state index in [2.05, 4.69) is 43.2 Å². The summed E-state index contributed by atoms with van der Waals surface area (Å²) in [4.78, 5) is 17.6. The largest absolute Gasteiger partial charge is 0.369 e. The van der Waals surface area contributed by atoms with Crippen LogP contribution in [0.1, 0.15) is 43.6 Å². The summed E-state index contributed by atoms with van der Waals surface area (Å²) in [5, 5.41) is 13.2. The van der Waals surface area contributed by atoms with Crippen molar-refractivity contribution in [2.24, 2.45) is 0 Å². The number of piperazine rings is 3. The molecule has 0 amide bonds. The van der Waals surface area contributed by atoms with E-state index < -0.39 is 11.3 Å². The van der Waals surface area contributed by atoms with Crippen molar-refractivity contribution in [2.75, 3.05) is 90.5 Å². The van der Waals surface area contributed by atoms with Crippen LogP contribution in [0, 0.1) is 5.82 Å². The molecule has 4 N–H and O–H groups in total. The normalized spacial score (nSPS) is 23.7. The third kappa shape index (κ3) is 8.39. The lowest BCUT2D eigenvalue weighted by atomic mass is 9.90. The van der Waals surface area contributed by atoms with Crippen LogP contribution in [0.3, 0.4) is 0 Å². The van der Waals surface area contributed by atoms with Gasteiger partial charge in [-0.05, 0) is 64.1 Å². The minimum atomic E-state index is -0.694. The number of hydrogen-bond acceptors (Lipinski definition) is 9. The molecule has 43 heavy (non-hydrogen) atoms. The molecule has 0 aromatic heterocycles. The summed E-state index contributed by atoms with van der Waals surface area (Å²) in [6, 6.07) is 14.4. The van der Waals surface area contributed by atoms with Crippen molar-refractivity contribution in [3.63, 3.8) is 0 Å². The van der Waals surface area contributed by atoms with Gasteiger partial charge in [-0.15, -0.1) is 0 Å². The molecule has 9 nitrogen and oxygen atoms in total. The maximum absolute atomic E-state index is 13.0. The fraction of sp³-hybridized carbons (Fsp3) is 0.606. The maximum Gasteiger partial charge on any atom is 0.225 e. The van der Waals surface area contributed by atoms with Crippen molar-refractivity contribution in [1.29, 1.82) is 0 Å². The summed E-state index contributed by atoms with van der Waals surface area (Å²) in [7, 11) is 1.60. The Morgan fingerprint density at radius 1 is 0.791 bits per heavy atom. The standard InChI is InChI=1S/C18H28N4O.C11H13FO2.C4H10N2/c1-18(2,22-13-9-20-10-14-22)17(23)15-3-5-16(6-4-15)21-11-7-19-8-12-21;1-10(2)11(13-3,14-10)8-4-6-9(12)7-5-8;1-2-6-4-3-5-1/h3-6,19-20H,7-14H2,1-2H3;4-7H,1-3H3;5-6H,1-4H2. The second-order valence-corrected chi connectivity index (χ2v) is 12.3. The number of Topliss-reactive ketones (excluding diaryl/α,β-unsaturated/α-hetero) is 1. The van der Waals surface area contributed by atoms with E-state index in [1.807, 2.05) is 39.8 Å². The van der Waals surface area contributed by atoms with Gasteiger partial charge in [0.15, 0.2) is 5.78 Å². The number of nitrogens with one attached hydrogen (secondary N) is 4. The Labute approximate surface area is 256 Å². The number of carbonyl (C=O) groups excluding carboxylic acids is 1. The third-order valence-electron chi connectivity index (χ3n) is 8.69. The molecule has 0 radical (unpaired) electrons. The Kier molecular flexibility index (Phi) is 11.7. The highest BCUT2D eigenvalue weighted by Crippen LogP contribution is 2.55. The summed E-state index contributed by atoms with van der Waals surface area (Å²) in [6.45, 7) is 20.4. The van der Waals surface area contributed by atoms with E-state index in [4.69, 9.17) is 9.47 Å². The average Bonchev–Trinajstić information content (AvgIpc) is 3.65. The fourth-order valence-corrected chi connectivity index (χ4v) is 5.89. The van der Waals surface area contributed by atoms with Crippen LogP contribution in [0.5, 0.6) is 0 Å². The Morgan fingerprint density at radius 3 is 1.70 bits per heavy atom. The van der Waals surface area contributed by atoms with Gasteiger partial charge >= 0.3 is 0 Å². The Morgan fingerprint density at radius 2 is 1.26 bits per heavy atom. The number of rotatable bonds is 6. The van der Waals surface area contributed by atoms with Crippen LogP contribution in [0.25, 0.3) is 0 Å². The van der Waals surface area contributed by atoms with Crippen LogP contribution in [0.2, 0.25) is 0 Å². The molecule has 0 bridgehead atoms. The van der Waals surface area contributed by atoms with Crippen LogP contribution in [0.4, 0.5) is 10.1 Å². The molecule has 4 aliphatic heterocycles.